The summed E-state index contributed by atoms with van der Waals surface area (Å²) in [7, 11) is 0. The predicted molar refractivity (Wildman–Crippen MR) is 254 cm³/mol. The maximum absolute atomic E-state index is 7.18. The van der Waals surface area contributed by atoms with Gasteiger partial charge in [0, 0.05) is 38.8 Å². The van der Waals surface area contributed by atoms with E-state index < -0.39 is 0 Å². The quantitative estimate of drug-likeness (QED) is 0.116. The summed E-state index contributed by atoms with van der Waals surface area (Å²) >= 11 is 3.94. The predicted octanol–water partition coefficient (Wildman–Crippen LogP) is 14.5. The molecule has 0 fully saturated rings. The first-order valence-corrected chi connectivity index (χ1v) is 20.9. The molecule has 0 bridgehead atoms. The standard InChI is InChI=1S/C46H39BrN4.C4H8.C3H6/c47-37-28-39(30-40(29-37)51-43-22-12-10-20-41(43)42-21-11-13-23-44(42)51)50(38-26-24-35(25-27-38)34-16-6-2-7-17-34)45(46(48)36-18-8-3-9-19-36)32-49-31-33-14-4-1-5-15-33;1-3-4-2;1-3-2/h1-10,12,14-20,22,24-30,32H,11,13,21,23,31,48H2;3-4H,1-2H3;3H,1H2,2H3/b46-45+,49-32?;4-3-;. The Bertz CT molecular complexity index is 2470. The SMILES string of the molecule is C/C=C\C.C=CC.N/C(=C(\C=NCc1ccccc1)N(c1ccc(-c2ccccc2)cc1)c1cc(Br)cc(-n2c3c(c4ccccc42)CCCC3)c1)c1ccccc1. The lowest BCUT2D eigenvalue weighted by atomic mass is 9.95. The van der Waals surface area contributed by atoms with Gasteiger partial charge in [0.15, 0.2) is 0 Å². The summed E-state index contributed by atoms with van der Waals surface area (Å²) in [6.07, 6.45) is 12.3. The van der Waals surface area contributed by atoms with Crippen LogP contribution in [0.3, 0.4) is 0 Å². The molecule has 0 atom stereocenters. The summed E-state index contributed by atoms with van der Waals surface area (Å²) < 4.78 is 3.46. The summed E-state index contributed by atoms with van der Waals surface area (Å²) in [5.41, 5.74) is 20.2. The van der Waals surface area contributed by atoms with Crippen molar-refractivity contribution in [2.75, 3.05) is 4.90 Å². The molecule has 0 aliphatic heterocycles. The second-order valence-corrected chi connectivity index (χ2v) is 15.0. The molecular formula is C53H53BrN4. The van der Waals surface area contributed by atoms with Gasteiger partial charge in [0.05, 0.1) is 23.5 Å². The lowest BCUT2D eigenvalue weighted by Crippen LogP contribution is -2.22. The highest BCUT2D eigenvalue weighted by molar-refractivity contribution is 9.10. The number of para-hydroxylation sites is 1. The third-order valence-electron chi connectivity index (χ3n) is 10.1. The molecular weight excluding hydrogens is 773 g/mol. The lowest BCUT2D eigenvalue weighted by Gasteiger charge is -2.29. The van der Waals surface area contributed by atoms with Crippen LogP contribution < -0.4 is 10.6 Å². The molecule has 6 aromatic carbocycles. The fourth-order valence-electron chi connectivity index (χ4n) is 7.30. The van der Waals surface area contributed by atoms with Crippen molar-refractivity contribution in [2.45, 2.75) is 53.0 Å². The zero-order chi connectivity index (χ0) is 40.7. The Morgan fingerprint density at radius 3 is 1.97 bits per heavy atom. The number of nitrogens with zero attached hydrogens (tertiary/aromatic N) is 3. The molecule has 292 valence electrons. The average Bonchev–Trinajstić information content (AvgIpc) is 3.61. The van der Waals surface area contributed by atoms with E-state index in [2.05, 4.69) is 147 Å². The molecule has 4 nitrogen and oxygen atoms in total. The van der Waals surface area contributed by atoms with Gasteiger partial charge in [-0.15, -0.1) is 6.58 Å². The largest absolute Gasteiger partial charge is 0.396 e. The third-order valence-corrected chi connectivity index (χ3v) is 10.5. The van der Waals surface area contributed by atoms with Gasteiger partial charge in [-0.25, -0.2) is 0 Å². The molecule has 0 unspecified atom stereocenters. The van der Waals surface area contributed by atoms with E-state index in [1.54, 1.807) is 6.08 Å². The number of rotatable bonds is 9. The van der Waals surface area contributed by atoms with Crippen LogP contribution in [0.15, 0.2) is 198 Å². The number of anilines is 2. The van der Waals surface area contributed by atoms with Gasteiger partial charge in [-0.05, 0) is 111 Å². The molecule has 0 spiro atoms. The van der Waals surface area contributed by atoms with Gasteiger partial charge in [-0.1, -0.05) is 155 Å². The number of benzene rings is 6. The van der Waals surface area contributed by atoms with Crippen LogP contribution in [0.1, 0.15) is 56.0 Å². The van der Waals surface area contributed by atoms with Crippen LogP contribution in [0.4, 0.5) is 11.4 Å². The van der Waals surface area contributed by atoms with E-state index in [0.29, 0.717) is 12.2 Å². The van der Waals surface area contributed by atoms with Crippen LogP contribution in [-0.4, -0.2) is 10.8 Å². The Morgan fingerprint density at radius 1 is 0.707 bits per heavy atom. The smallest absolute Gasteiger partial charge is 0.0878 e. The number of fused-ring (bicyclic) bond motifs is 3. The van der Waals surface area contributed by atoms with Crippen molar-refractivity contribution in [2.24, 2.45) is 10.7 Å². The first-order chi connectivity index (χ1) is 28.5. The van der Waals surface area contributed by atoms with E-state index in [4.69, 9.17) is 10.7 Å². The highest BCUT2D eigenvalue weighted by atomic mass is 79.9. The number of nitrogens with two attached hydrogens (primary N) is 1. The second-order valence-electron chi connectivity index (χ2n) is 14.1. The Balaban J connectivity index is 0.000000754. The monoisotopic (exact) mass is 824 g/mol. The van der Waals surface area contributed by atoms with Crippen molar-refractivity contribution in [3.05, 3.63) is 215 Å². The van der Waals surface area contributed by atoms with Gasteiger partial charge in [0.25, 0.3) is 0 Å². The topological polar surface area (TPSA) is 46.5 Å². The number of allylic oxidation sites excluding steroid dienone is 4. The van der Waals surface area contributed by atoms with Gasteiger partial charge in [-0.3, -0.25) is 4.99 Å². The van der Waals surface area contributed by atoms with E-state index in [9.17, 15) is 0 Å². The Labute approximate surface area is 353 Å². The summed E-state index contributed by atoms with van der Waals surface area (Å²) in [6.45, 7) is 9.79. The first kappa shape index (κ1) is 41.5. The van der Waals surface area contributed by atoms with Crippen LogP contribution in [0.25, 0.3) is 33.4 Å². The van der Waals surface area contributed by atoms with Crippen LogP contribution in [0.2, 0.25) is 0 Å². The molecule has 1 aliphatic carbocycles. The van der Waals surface area contributed by atoms with Gasteiger partial charge in [0.2, 0.25) is 0 Å². The second kappa shape index (κ2) is 20.8. The summed E-state index contributed by atoms with van der Waals surface area (Å²) in [6, 6.07) is 55.3. The van der Waals surface area contributed by atoms with Crippen LogP contribution in [0, 0.1) is 0 Å². The zero-order valence-electron chi connectivity index (χ0n) is 33.9. The van der Waals surface area contributed by atoms with Crippen molar-refractivity contribution < 1.29 is 0 Å². The maximum Gasteiger partial charge on any atom is 0.0878 e. The third kappa shape index (κ3) is 10.0. The van der Waals surface area contributed by atoms with Gasteiger partial charge >= 0.3 is 0 Å². The van der Waals surface area contributed by atoms with E-state index in [1.165, 1.54) is 40.6 Å². The molecule has 0 saturated carbocycles. The van der Waals surface area contributed by atoms with Crippen molar-refractivity contribution in [3.8, 4) is 16.8 Å². The number of aryl methyl sites for hydroxylation is 1. The molecule has 1 aromatic heterocycles. The van der Waals surface area contributed by atoms with E-state index in [-0.39, 0.29) is 0 Å². The van der Waals surface area contributed by atoms with Crippen LogP contribution in [-0.2, 0) is 19.4 Å². The zero-order valence-corrected chi connectivity index (χ0v) is 35.4. The normalized spacial score (nSPS) is 12.6. The van der Waals surface area contributed by atoms with Gasteiger partial charge in [0.1, 0.15) is 0 Å². The van der Waals surface area contributed by atoms with Crippen molar-refractivity contribution in [1.29, 1.82) is 0 Å². The number of aromatic nitrogens is 1. The molecule has 8 rings (SSSR count). The van der Waals surface area contributed by atoms with Crippen molar-refractivity contribution in [3.63, 3.8) is 0 Å². The summed E-state index contributed by atoms with van der Waals surface area (Å²) in [5.74, 6) is 0. The number of hydrogen-bond acceptors (Lipinski definition) is 3. The van der Waals surface area contributed by atoms with E-state index in [1.807, 2.05) is 81.6 Å². The van der Waals surface area contributed by atoms with Crippen molar-refractivity contribution in [1.82, 2.24) is 4.57 Å². The molecule has 5 heteroatoms. The Morgan fingerprint density at radius 2 is 1.29 bits per heavy atom. The minimum atomic E-state index is 0.540. The number of hydrogen-bond donors (Lipinski definition) is 1. The lowest BCUT2D eigenvalue weighted by molar-refractivity contribution is 0.667. The summed E-state index contributed by atoms with van der Waals surface area (Å²) in [4.78, 5) is 7.25. The highest BCUT2D eigenvalue weighted by Gasteiger charge is 2.23. The first-order valence-electron chi connectivity index (χ1n) is 20.1. The molecule has 0 saturated heterocycles. The Kier molecular flexibility index (Phi) is 14.9. The number of halogens is 1. The number of aliphatic imine (C=N–C) groups is 1. The molecule has 1 heterocycles. The molecule has 2 N–H and O–H groups in total. The fraction of sp³-hybridized carbons (Fsp3) is 0.151. The van der Waals surface area contributed by atoms with Gasteiger partial charge < -0.3 is 15.2 Å². The van der Waals surface area contributed by atoms with Gasteiger partial charge in [-0.2, -0.15) is 0 Å². The van der Waals surface area contributed by atoms with E-state index >= 15 is 0 Å². The van der Waals surface area contributed by atoms with Crippen LogP contribution >= 0.6 is 15.9 Å². The minimum absolute atomic E-state index is 0.540. The van der Waals surface area contributed by atoms with Crippen LogP contribution in [0.5, 0.6) is 0 Å². The maximum atomic E-state index is 7.18. The van der Waals surface area contributed by atoms with Crippen molar-refractivity contribution >= 4 is 50.1 Å². The molecule has 58 heavy (non-hydrogen) atoms. The Hall–Kier alpha value is -6.17. The van der Waals surface area contributed by atoms with E-state index in [0.717, 1.165) is 56.8 Å². The average molecular weight is 826 g/mol. The minimum Gasteiger partial charge on any atom is -0.396 e. The molecule has 7 aromatic rings. The molecule has 0 radical (unpaired) electrons. The summed E-state index contributed by atoms with van der Waals surface area (Å²) in [5, 5.41) is 1.35. The molecule has 1 aliphatic rings. The fourth-order valence-corrected chi connectivity index (χ4v) is 7.77. The highest BCUT2D eigenvalue weighted by Crippen LogP contribution is 2.39. The molecule has 0 amide bonds.